The average Bonchev–Trinajstić information content (AvgIpc) is 2.29. The Hall–Kier alpha value is -1.72. The maximum atomic E-state index is 11.8. The number of hydrogen-bond donors (Lipinski definition) is 0. The van der Waals surface area contributed by atoms with Crippen molar-refractivity contribution in [2.45, 2.75) is 20.2 Å². The van der Waals surface area contributed by atoms with Crippen LogP contribution in [0.3, 0.4) is 0 Å². The zero-order valence-corrected chi connectivity index (χ0v) is 9.67. The molecule has 1 aromatic rings. The summed E-state index contributed by atoms with van der Waals surface area (Å²) in [7, 11) is 1.18. The highest BCUT2D eigenvalue weighted by atomic mass is 19.4. The standard InChI is InChI=1S/C9H7F3O3.C2H6/c1-14-8(13)6-2-4-7(5-3-6)15-9(10,11)12;1-2/h2-5H,1H3;1-2H3. The van der Waals surface area contributed by atoms with Gasteiger partial charge in [0.1, 0.15) is 5.75 Å². The van der Waals surface area contributed by atoms with E-state index >= 15 is 0 Å². The molecule has 3 nitrogen and oxygen atoms in total. The second kappa shape index (κ2) is 6.78. The molecule has 96 valence electrons. The molecule has 0 spiro atoms. The molecule has 6 heteroatoms. The van der Waals surface area contributed by atoms with E-state index in [2.05, 4.69) is 9.47 Å². The fraction of sp³-hybridized carbons (Fsp3) is 0.364. The first kappa shape index (κ1) is 15.3. The molecule has 0 aliphatic carbocycles. The van der Waals surface area contributed by atoms with Crippen LogP contribution >= 0.6 is 0 Å². The average molecular weight is 250 g/mol. The number of benzene rings is 1. The third-order valence-electron chi connectivity index (χ3n) is 1.51. The summed E-state index contributed by atoms with van der Waals surface area (Å²) in [6.07, 6.45) is -4.73. The fourth-order valence-electron chi connectivity index (χ4n) is 0.911. The van der Waals surface area contributed by atoms with Gasteiger partial charge in [0.25, 0.3) is 0 Å². The highest BCUT2D eigenvalue weighted by molar-refractivity contribution is 5.89. The number of rotatable bonds is 2. The van der Waals surface area contributed by atoms with E-state index in [0.29, 0.717) is 0 Å². The van der Waals surface area contributed by atoms with Crippen molar-refractivity contribution < 1.29 is 27.4 Å². The van der Waals surface area contributed by atoms with Gasteiger partial charge in [-0.1, -0.05) is 13.8 Å². The van der Waals surface area contributed by atoms with Crippen molar-refractivity contribution in [2.75, 3.05) is 7.11 Å². The lowest BCUT2D eigenvalue weighted by Crippen LogP contribution is -2.17. The predicted octanol–water partition coefficient (Wildman–Crippen LogP) is 3.40. The minimum Gasteiger partial charge on any atom is -0.465 e. The molecule has 0 saturated heterocycles. The van der Waals surface area contributed by atoms with Gasteiger partial charge < -0.3 is 9.47 Å². The first-order valence-electron chi connectivity index (χ1n) is 4.86. The normalized spacial score (nSPS) is 10.0. The van der Waals surface area contributed by atoms with Crippen molar-refractivity contribution in [2.24, 2.45) is 0 Å². The zero-order valence-electron chi connectivity index (χ0n) is 9.67. The summed E-state index contributed by atoms with van der Waals surface area (Å²) in [5.41, 5.74) is 0.159. The van der Waals surface area contributed by atoms with Gasteiger partial charge in [-0.25, -0.2) is 4.79 Å². The topological polar surface area (TPSA) is 35.5 Å². The number of alkyl halides is 3. The smallest absolute Gasteiger partial charge is 0.465 e. The monoisotopic (exact) mass is 250 g/mol. The molecular weight excluding hydrogens is 237 g/mol. The van der Waals surface area contributed by atoms with Gasteiger partial charge in [0, 0.05) is 0 Å². The van der Waals surface area contributed by atoms with Crippen molar-refractivity contribution >= 4 is 5.97 Å². The molecule has 0 radical (unpaired) electrons. The third kappa shape index (κ3) is 5.79. The van der Waals surface area contributed by atoms with Crippen LogP contribution < -0.4 is 4.74 Å². The Kier molecular flexibility index (Phi) is 6.09. The summed E-state index contributed by atoms with van der Waals surface area (Å²) in [5.74, 6) is -0.997. The molecule has 0 N–H and O–H groups in total. The summed E-state index contributed by atoms with van der Waals surface area (Å²) < 4.78 is 43.3. The number of methoxy groups -OCH3 is 1. The molecule has 1 rings (SSSR count). The zero-order chi connectivity index (χ0) is 13.5. The minimum absolute atomic E-state index is 0.159. The molecule has 0 aliphatic heterocycles. The molecular formula is C11H13F3O3. The molecule has 0 saturated carbocycles. The summed E-state index contributed by atoms with van der Waals surface area (Å²) in [5, 5.41) is 0. The predicted molar refractivity (Wildman–Crippen MR) is 55.8 cm³/mol. The van der Waals surface area contributed by atoms with Gasteiger partial charge in [0.05, 0.1) is 12.7 Å². The molecule has 0 atom stereocenters. The van der Waals surface area contributed by atoms with Gasteiger partial charge in [0.15, 0.2) is 0 Å². The molecule has 0 aromatic heterocycles. The highest BCUT2D eigenvalue weighted by Crippen LogP contribution is 2.22. The van der Waals surface area contributed by atoms with Crippen LogP contribution in [0.2, 0.25) is 0 Å². The molecule has 0 heterocycles. The second-order valence-electron chi connectivity index (χ2n) is 2.56. The Morgan fingerprint density at radius 2 is 1.59 bits per heavy atom. The Balaban J connectivity index is 0.00000121. The van der Waals surface area contributed by atoms with Crippen molar-refractivity contribution in [1.29, 1.82) is 0 Å². The van der Waals surface area contributed by atoms with Crippen molar-refractivity contribution in [3.05, 3.63) is 29.8 Å². The molecule has 0 unspecified atom stereocenters. The van der Waals surface area contributed by atoms with Crippen LogP contribution in [0, 0.1) is 0 Å². The van der Waals surface area contributed by atoms with Crippen molar-refractivity contribution in [3.63, 3.8) is 0 Å². The quantitative estimate of drug-likeness (QED) is 0.754. The van der Waals surface area contributed by atoms with Gasteiger partial charge in [-0.3, -0.25) is 0 Å². The van der Waals surface area contributed by atoms with Crippen LogP contribution in [0.1, 0.15) is 24.2 Å². The molecule has 0 amide bonds. The summed E-state index contributed by atoms with van der Waals surface area (Å²) in [6.45, 7) is 4.00. The van der Waals surface area contributed by atoms with E-state index in [4.69, 9.17) is 0 Å². The molecule has 0 aliphatic rings. The van der Waals surface area contributed by atoms with E-state index in [1.54, 1.807) is 0 Å². The summed E-state index contributed by atoms with van der Waals surface area (Å²) in [6, 6.07) is 4.46. The Bertz CT molecular complexity index is 344. The van der Waals surface area contributed by atoms with E-state index < -0.39 is 12.3 Å². The van der Waals surface area contributed by atoms with Crippen molar-refractivity contribution in [3.8, 4) is 5.75 Å². The lowest BCUT2D eigenvalue weighted by molar-refractivity contribution is -0.274. The van der Waals surface area contributed by atoms with Crippen LogP contribution in [0.5, 0.6) is 5.75 Å². The number of esters is 1. The number of ether oxygens (including phenoxy) is 2. The van der Waals surface area contributed by atoms with Gasteiger partial charge in [-0.05, 0) is 24.3 Å². The molecule has 17 heavy (non-hydrogen) atoms. The lowest BCUT2D eigenvalue weighted by Gasteiger charge is -2.08. The maximum absolute atomic E-state index is 11.8. The van der Waals surface area contributed by atoms with Crippen LogP contribution in [-0.2, 0) is 4.74 Å². The van der Waals surface area contributed by atoms with Crippen LogP contribution in [0.4, 0.5) is 13.2 Å². The summed E-state index contributed by atoms with van der Waals surface area (Å²) >= 11 is 0. The minimum atomic E-state index is -4.73. The number of carbonyl (C=O) groups is 1. The number of carbonyl (C=O) groups excluding carboxylic acids is 1. The lowest BCUT2D eigenvalue weighted by atomic mass is 10.2. The highest BCUT2D eigenvalue weighted by Gasteiger charge is 2.31. The SMILES string of the molecule is CC.COC(=O)c1ccc(OC(F)(F)F)cc1. The van der Waals surface area contributed by atoms with Gasteiger partial charge in [0.2, 0.25) is 0 Å². The number of hydrogen-bond acceptors (Lipinski definition) is 3. The van der Waals surface area contributed by atoms with E-state index in [9.17, 15) is 18.0 Å². The number of halogens is 3. The van der Waals surface area contributed by atoms with Crippen LogP contribution in [-0.4, -0.2) is 19.4 Å². The largest absolute Gasteiger partial charge is 0.573 e. The Labute approximate surface area is 97.1 Å². The van der Waals surface area contributed by atoms with E-state index in [0.717, 1.165) is 12.1 Å². The maximum Gasteiger partial charge on any atom is 0.573 e. The van der Waals surface area contributed by atoms with Gasteiger partial charge in [-0.15, -0.1) is 13.2 Å². The van der Waals surface area contributed by atoms with Gasteiger partial charge in [-0.2, -0.15) is 0 Å². The summed E-state index contributed by atoms with van der Waals surface area (Å²) in [4.78, 5) is 10.9. The van der Waals surface area contributed by atoms with Crippen LogP contribution in [0.15, 0.2) is 24.3 Å². The molecule has 0 fully saturated rings. The molecule has 1 aromatic carbocycles. The first-order chi connectivity index (χ1) is 7.92. The Morgan fingerprint density at radius 3 is 1.94 bits per heavy atom. The van der Waals surface area contributed by atoms with Crippen molar-refractivity contribution in [1.82, 2.24) is 0 Å². The fourth-order valence-corrected chi connectivity index (χ4v) is 0.911. The van der Waals surface area contributed by atoms with E-state index in [-0.39, 0.29) is 11.3 Å². The van der Waals surface area contributed by atoms with Crippen LogP contribution in [0.25, 0.3) is 0 Å². The van der Waals surface area contributed by atoms with E-state index in [1.165, 1.54) is 19.2 Å². The second-order valence-corrected chi connectivity index (χ2v) is 2.56. The molecule has 0 bridgehead atoms. The third-order valence-corrected chi connectivity index (χ3v) is 1.51. The Morgan fingerprint density at radius 1 is 1.12 bits per heavy atom. The van der Waals surface area contributed by atoms with Gasteiger partial charge >= 0.3 is 12.3 Å². The van der Waals surface area contributed by atoms with E-state index in [1.807, 2.05) is 13.8 Å². The first-order valence-corrected chi connectivity index (χ1v) is 4.86.